The molecule has 0 aliphatic carbocycles. The number of hydrogen-bond donors (Lipinski definition) is 0. The Kier molecular flexibility index (Phi) is 5.47. The fourth-order valence-corrected chi connectivity index (χ4v) is 3.84. The second kappa shape index (κ2) is 8.75. The molecule has 5 rings (SSSR count). The summed E-state index contributed by atoms with van der Waals surface area (Å²) < 4.78 is 22.1. The molecule has 0 fully saturated rings. The van der Waals surface area contributed by atoms with Crippen molar-refractivity contribution in [3.05, 3.63) is 111 Å². The minimum Gasteiger partial charge on any atom is -0.493 e. The van der Waals surface area contributed by atoms with E-state index >= 15 is 0 Å². The zero-order valence-corrected chi connectivity index (χ0v) is 18.4. The number of rotatable bonds is 6. The minimum absolute atomic E-state index is 0.259. The number of hydrogen-bond acceptors (Lipinski definition) is 6. The molecule has 0 saturated carbocycles. The largest absolute Gasteiger partial charge is 0.493 e. The molecule has 3 aromatic carbocycles. The number of methoxy groups -OCH3 is 1. The number of benzene rings is 3. The third-order valence-corrected chi connectivity index (χ3v) is 5.57. The smallest absolute Gasteiger partial charge is 0.344 e. The van der Waals surface area contributed by atoms with E-state index in [9.17, 15) is 9.59 Å². The Bertz CT molecular complexity index is 1640. The molecular weight excluding hydrogens is 432 g/mol. The number of ether oxygens (including phenoxy) is 2. The lowest BCUT2D eigenvalue weighted by atomic mass is 10.0. The monoisotopic (exact) mass is 452 g/mol. The highest BCUT2D eigenvalue weighted by Crippen LogP contribution is 2.32. The van der Waals surface area contributed by atoms with Gasteiger partial charge in [-0.25, -0.2) is 9.59 Å². The predicted octanol–water partition coefficient (Wildman–Crippen LogP) is 5.80. The first kappa shape index (κ1) is 21.3. The maximum absolute atomic E-state index is 12.8. The van der Waals surface area contributed by atoms with Gasteiger partial charge < -0.3 is 18.3 Å². The molecule has 0 spiro atoms. The van der Waals surface area contributed by atoms with Gasteiger partial charge in [0.05, 0.1) is 12.7 Å². The Hall–Kier alpha value is -4.58. The van der Waals surface area contributed by atoms with Crippen molar-refractivity contribution >= 4 is 28.0 Å². The van der Waals surface area contributed by atoms with Crippen LogP contribution in [0.5, 0.6) is 11.5 Å². The molecule has 6 nitrogen and oxygen atoms in total. The summed E-state index contributed by atoms with van der Waals surface area (Å²) in [5.74, 6) is 0.996. The van der Waals surface area contributed by atoms with Crippen molar-refractivity contribution in [2.45, 2.75) is 6.61 Å². The van der Waals surface area contributed by atoms with Crippen LogP contribution in [0.15, 0.2) is 97.8 Å². The molecule has 34 heavy (non-hydrogen) atoms. The molecule has 2 heterocycles. The van der Waals surface area contributed by atoms with Gasteiger partial charge in [0.1, 0.15) is 17.9 Å². The second-order valence-electron chi connectivity index (χ2n) is 7.70. The summed E-state index contributed by atoms with van der Waals surface area (Å²) in [6, 6.07) is 21.3. The molecule has 6 heteroatoms. The third kappa shape index (κ3) is 3.97. The van der Waals surface area contributed by atoms with Crippen LogP contribution in [-0.2, 0) is 6.61 Å². The highest BCUT2D eigenvalue weighted by atomic mass is 16.5. The Balaban J connectivity index is 1.54. The van der Waals surface area contributed by atoms with E-state index in [1.807, 2.05) is 30.3 Å². The molecule has 0 N–H and O–H groups in total. The Morgan fingerprint density at radius 1 is 0.912 bits per heavy atom. The van der Waals surface area contributed by atoms with E-state index < -0.39 is 11.3 Å². The summed E-state index contributed by atoms with van der Waals surface area (Å²) in [4.78, 5) is 25.2. The van der Waals surface area contributed by atoms with E-state index in [0.29, 0.717) is 45.6 Å². The highest BCUT2D eigenvalue weighted by Gasteiger charge is 2.16. The fourth-order valence-electron chi connectivity index (χ4n) is 3.84. The van der Waals surface area contributed by atoms with Crippen molar-refractivity contribution in [1.82, 2.24) is 0 Å². The summed E-state index contributed by atoms with van der Waals surface area (Å²) in [6.45, 7) is 4.10. The first-order valence-corrected chi connectivity index (χ1v) is 10.6. The van der Waals surface area contributed by atoms with E-state index in [-0.39, 0.29) is 5.56 Å². The first-order valence-electron chi connectivity index (χ1n) is 10.6. The third-order valence-electron chi connectivity index (χ3n) is 5.57. The Labute approximate surface area is 194 Å². The molecular formula is C28H20O6. The fraction of sp³-hybridized carbons (Fsp3) is 0.0714. The summed E-state index contributed by atoms with van der Waals surface area (Å²) in [6.07, 6.45) is 1.78. The maximum atomic E-state index is 12.8. The molecule has 0 atom stereocenters. The van der Waals surface area contributed by atoms with Gasteiger partial charge in [-0.3, -0.25) is 0 Å². The number of fused-ring (bicyclic) bond motifs is 2. The summed E-state index contributed by atoms with van der Waals surface area (Å²) >= 11 is 0. The quantitative estimate of drug-likeness (QED) is 0.303. The standard InChI is InChI=1S/C28H20O6/c1-3-17-7-9-18(10-8-17)16-32-20-11-12-21-22(15-26(29)33-25(21)14-20)23-13-19-5-4-6-24(31-2)27(19)34-28(23)30/h3-15H,1,16H2,2H3. The van der Waals surface area contributed by atoms with Crippen molar-refractivity contribution in [2.75, 3.05) is 7.11 Å². The van der Waals surface area contributed by atoms with Crippen molar-refractivity contribution in [3.8, 4) is 22.6 Å². The van der Waals surface area contributed by atoms with Crippen LogP contribution in [0.3, 0.4) is 0 Å². The summed E-state index contributed by atoms with van der Waals surface area (Å²) in [5, 5.41) is 1.27. The zero-order valence-electron chi connectivity index (χ0n) is 18.4. The second-order valence-corrected chi connectivity index (χ2v) is 7.70. The molecule has 0 bridgehead atoms. The van der Waals surface area contributed by atoms with Gasteiger partial charge in [-0.05, 0) is 35.4 Å². The van der Waals surface area contributed by atoms with Gasteiger partial charge in [-0.15, -0.1) is 0 Å². The number of para-hydroxylation sites is 1. The molecule has 5 aromatic rings. The molecule has 0 aliphatic heterocycles. The van der Waals surface area contributed by atoms with Gasteiger partial charge in [-0.1, -0.05) is 49.1 Å². The van der Waals surface area contributed by atoms with Crippen LogP contribution >= 0.6 is 0 Å². The molecule has 0 aliphatic rings. The maximum Gasteiger partial charge on any atom is 0.344 e. The van der Waals surface area contributed by atoms with Gasteiger partial charge in [0.15, 0.2) is 11.3 Å². The van der Waals surface area contributed by atoms with E-state index in [0.717, 1.165) is 11.1 Å². The lowest BCUT2D eigenvalue weighted by Crippen LogP contribution is -2.07. The van der Waals surface area contributed by atoms with Crippen LogP contribution in [0.25, 0.3) is 39.1 Å². The van der Waals surface area contributed by atoms with Crippen LogP contribution in [0.4, 0.5) is 0 Å². The van der Waals surface area contributed by atoms with E-state index in [1.165, 1.54) is 13.2 Å². The van der Waals surface area contributed by atoms with E-state index in [4.69, 9.17) is 18.3 Å². The highest BCUT2D eigenvalue weighted by molar-refractivity contribution is 5.96. The summed E-state index contributed by atoms with van der Waals surface area (Å²) in [5.41, 5.74) is 2.21. The van der Waals surface area contributed by atoms with Gasteiger partial charge in [0.25, 0.3) is 0 Å². The first-order chi connectivity index (χ1) is 16.6. The van der Waals surface area contributed by atoms with Crippen LogP contribution in [-0.4, -0.2) is 7.11 Å². The van der Waals surface area contributed by atoms with Crippen LogP contribution in [0, 0.1) is 0 Å². The van der Waals surface area contributed by atoms with Gasteiger partial charge >= 0.3 is 11.3 Å². The lowest BCUT2D eigenvalue weighted by molar-refractivity contribution is 0.306. The van der Waals surface area contributed by atoms with E-state index in [1.54, 1.807) is 42.5 Å². The Morgan fingerprint density at radius 3 is 2.50 bits per heavy atom. The van der Waals surface area contributed by atoms with Gasteiger partial charge in [0.2, 0.25) is 0 Å². The Morgan fingerprint density at radius 2 is 1.74 bits per heavy atom. The van der Waals surface area contributed by atoms with E-state index in [2.05, 4.69) is 6.58 Å². The lowest BCUT2D eigenvalue weighted by Gasteiger charge is -2.10. The van der Waals surface area contributed by atoms with Crippen LogP contribution in [0.1, 0.15) is 11.1 Å². The van der Waals surface area contributed by atoms with Gasteiger partial charge in [0, 0.05) is 28.5 Å². The van der Waals surface area contributed by atoms with Crippen molar-refractivity contribution in [1.29, 1.82) is 0 Å². The predicted molar refractivity (Wildman–Crippen MR) is 131 cm³/mol. The van der Waals surface area contributed by atoms with Crippen LogP contribution < -0.4 is 20.7 Å². The molecule has 0 saturated heterocycles. The minimum atomic E-state index is -0.579. The van der Waals surface area contributed by atoms with Crippen molar-refractivity contribution < 1.29 is 18.3 Å². The van der Waals surface area contributed by atoms with Crippen molar-refractivity contribution in [3.63, 3.8) is 0 Å². The van der Waals surface area contributed by atoms with Gasteiger partial charge in [-0.2, -0.15) is 0 Å². The molecule has 168 valence electrons. The zero-order chi connectivity index (χ0) is 23.7. The average Bonchev–Trinajstić information content (AvgIpc) is 2.86. The summed E-state index contributed by atoms with van der Waals surface area (Å²) in [7, 11) is 1.51. The molecule has 0 radical (unpaired) electrons. The molecule has 2 aromatic heterocycles. The van der Waals surface area contributed by atoms with Crippen LogP contribution in [0.2, 0.25) is 0 Å². The topological polar surface area (TPSA) is 78.9 Å². The SMILES string of the molecule is C=Cc1ccc(COc2ccc3c(-c4cc5cccc(OC)c5oc4=O)cc(=O)oc3c2)cc1. The average molecular weight is 452 g/mol. The molecule has 0 unspecified atom stereocenters. The van der Waals surface area contributed by atoms with Crippen molar-refractivity contribution in [2.24, 2.45) is 0 Å². The normalized spacial score (nSPS) is 11.0. The molecule has 0 amide bonds.